The third-order valence-corrected chi connectivity index (χ3v) is 4.84. The van der Waals surface area contributed by atoms with Gasteiger partial charge in [0.25, 0.3) is 0 Å². The highest BCUT2D eigenvalue weighted by Crippen LogP contribution is 2.09. The van der Waals surface area contributed by atoms with Gasteiger partial charge in [-0.15, -0.1) is 0 Å². The fourth-order valence-corrected chi connectivity index (χ4v) is 3.19. The van der Waals surface area contributed by atoms with E-state index in [1.165, 1.54) is 83.6 Å². The molecule has 150 valence electrons. The Labute approximate surface area is 158 Å². The van der Waals surface area contributed by atoms with E-state index < -0.39 is 0 Å². The molecule has 0 saturated carbocycles. The van der Waals surface area contributed by atoms with Crippen molar-refractivity contribution < 1.29 is 0 Å². The van der Waals surface area contributed by atoms with Crippen molar-refractivity contribution in [2.24, 2.45) is 11.5 Å². The molecule has 4 N–H and O–H groups in total. The van der Waals surface area contributed by atoms with E-state index in [-0.39, 0.29) is 0 Å². The quantitative estimate of drug-likeness (QED) is 0.232. The predicted octanol–water partition coefficient (Wildman–Crippen LogP) is 5.24. The standard InChI is InChI=1S/C22H47N3/c1-2-3-4-5-6-7-8-9-10-11-12-13-14-15-20-25(21-16-18-23)22-17-19-24/h8-9H,2-7,10-24H2,1H3/b9-8+. The van der Waals surface area contributed by atoms with Gasteiger partial charge in [-0.25, -0.2) is 0 Å². The van der Waals surface area contributed by atoms with Gasteiger partial charge in [0.05, 0.1) is 0 Å². The van der Waals surface area contributed by atoms with Crippen molar-refractivity contribution in [2.75, 3.05) is 32.7 Å². The Balaban J connectivity index is 3.37. The Bertz CT molecular complexity index is 258. The molecular weight excluding hydrogens is 306 g/mol. The fourth-order valence-electron chi connectivity index (χ4n) is 3.19. The van der Waals surface area contributed by atoms with Crippen LogP contribution in [0.25, 0.3) is 0 Å². The van der Waals surface area contributed by atoms with Crippen LogP contribution < -0.4 is 11.5 Å². The van der Waals surface area contributed by atoms with Gasteiger partial charge in [0.1, 0.15) is 0 Å². The summed E-state index contributed by atoms with van der Waals surface area (Å²) in [6, 6.07) is 0. The molecule has 3 heteroatoms. The largest absolute Gasteiger partial charge is 0.330 e. The number of unbranched alkanes of at least 4 members (excludes halogenated alkanes) is 10. The first-order chi connectivity index (χ1) is 12.3. The lowest BCUT2D eigenvalue weighted by atomic mass is 10.1. The molecule has 0 aromatic carbocycles. The highest BCUT2D eigenvalue weighted by Gasteiger charge is 2.03. The summed E-state index contributed by atoms with van der Waals surface area (Å²) in [4.78, 5) is 2.54. The molecule has 0 aromatic heterocycles. The molecule has 25 heavy (non-hydrogen) atoms. The number of hydrogen-bond donors (Lipinski definition) is 2. The van der Waals surface area contributed by atoms with Crippen molar-refractivity contribution in [3.05, 3.63) is 12.2 Å². The Morgan fingerprint density at radius 2 is 1.00 bits per heavy atom. The molecule has 0 aliphatic heterocycles. The summed E-state index contributed by atoms with van der Waals surface area (Å²) in [6.07, 6.45) is 23.3. The lowest BCUT2D eigenvalue weighted by Crippen LogP contribution is -2.29. The Morgan fingerprint density at radius 1 is 0.560 bits per heavy atom. The van der Waals surface area contributed by atoms with Gasteiger partial charge >= 0.3 is 0 Å². The van der Waals surface area contributed by atoms with E-state index in [0.29, 0.717) is 0 Å². The predicted molar refractivity (Wildman–Crippen MR) is 114 cm³/mol. The van der Waals surface area contributed by atoms with Crippen LogP contribution in [0.4, 0.5) is 0 Å². The van der Waals surface area contributed by atoms with Crippen LogP contribution in [-0.2, 0) is 0 Å². The average Bonchev–Trinajstić information content (AvgIpc) is 2.63. The monoisotopic (exact) mass is 353 g/mol. The number of rotatable bonds is 20. The Morgan fingerprint density at radius 3 is 1.52 bits per heavy atom. The molecule has 0 unspecified atom stereocenters. The maximum absolute atomic E-state index is 5.63. The van der Waals surface area contributed by atoms with Crippen molar-refractivity contribution >= 4 is 0 Å². The fraction of sp³-hybridized carbons (Fsp3) is 0.909. The van der Waals surface area contributed by atoms with Gasteiger partial charge in [0.15, 0.2) is 0 Å². The molecular formula is C22H47N3. The van der Waals surface area contributed by atoms with Crippen LogP contribution in [-0.4, -0.2) is 37.6 Å². The molecule has 0 spiro atoms. The Kier molecular flexibility index (Phi) is 21.3. The first-order valence-corrected chi connectivity index (χ1v) is 11.1. The second kappa shape index (κ2) is 21.7. The number of hydrogen-bond acceptors (Lipinski definition) is 3. The number of nitrogens with two attached hydrogens (primary N) is 2. The van der Waals surface area contributed by atoms with Crippen molar-refractivity contribution in [1.29, 1.82) is 0 Å². The third-order valence-electron chi connectivity index (χ3n) is 4.84. The molecule has 0 heterocycles. The van der Waals surface area contributed by atoms with E-state index in [4.69, 9.17) is 11.5 Å². The summed E-state index contributed by atoms with van der Waals surface area (Å²) in [6.45, 7) is 7.37. The Hall–Kier alpha value is -0.380. The zero-order valence-corrected chi connectivity index (χ0v) is 17.2. The molecule has 0 bridgehead atoms. The van der Waals surface area contributed by atoms with Gasteiger partial charge in [0, 0.05) is 0 Å². The van der Waals surface area contributed by atoms with Gasteiger partial charge < -0.3 is 16.4 Å². The zero-order valence-electron chi connectivity index (χ0n) is 17.2. The number of nitrogens with zero attached hydrogens (tertiary/aromatic N) is 1. The van der Waals surface area contributed by atoms with E-state index in [1.807, 2.05) is 0 Å². The summed E-state index contributed by atoms with van der Waals surface area (Å²) < 4.78 is 0. The van der Waals surface area contributed by atoms with Gasteiger partial charge in [-0.3, -0.25) is 0 Å². The molecule has 0 saturated heterocycles. The van der Waals surface area contributed by atoms with Crippen LogP contribution in [0.5, 0.6) is 0 Å². The second-order valence-corrected chi connectivity index (χ2v) is 7.36. The van der Waals surface area contributed by atoms with Crippen molar-refractivity contribution in [1.82, 2.24) is 4.90 Å². The summed E-state index contributed by atoms with van der Waals surface area (Å²) >= 11 is 0. The van der Waals surface area contributed by atoms with Crippen LogP contribution in [0.15, 0.2) is 12.2 Å². The summed E-state index contributed by atoms with van der Waals surface area (Å²) in [5.74, 6) is 0. The van der Waals surface area contributed by atoms with Crippen LogP contribution in [0, 0.1) is 0 Å². The maximum atomic E-state index is 5.63. The molecule has 0 aliphatic rings. The average molecular weight is 354 g/mol. The molecule has 3 nitrogen and oxygen atoms in total. The van der Waals surface area contributed by atoms with Gasteiger partial charge in [-0.05, 0) is 77.7 Å². The zero-order chi connectivity index (χ0) is 18.4. The van der Waals surface area contributed by atoms with Crippen LogP contribution in [0.1, 0.15) is 96.8 Å². The van der Waals surface area contributed by atoms with Gasteiger partial charge in [-0.1, -0.05) is 64.0 Å². The van der Waals surface area contributed by atoms with E-state index in [1.54, 1.807) is 0 Å². The van der Waals surface area contributed by atoms with E-state index in [0.717, 1.165) is 39.0 Å². The highest BCUT2D eigenvalue weighted by atomic mass is 15.1. The summed E-state index contributed by atoms with van der Waals surface area (Å²) in [7, 11) is 0. The lowest BCUT2D eigenvalue weighted by molar-refractivity contribution is 0.263. The van der Waals surface area contributed by atoms with Gasteiger partial charge in [-0.2, -0.15) is 0 Å². The molecule has 0 amide bonds. The van der Waals surface area contributed by atoms with E-state index >= 15 is 0 Å². The topological polar surface area (TPSA) is 55.3 Å². The maximum Gasteiger partial charge on any atom is -0.000671 e. The van der Waals surface area contributed by atoms with E-state index in [9.17, 15) is 0 Å². The lowest BCUT2D eigenvalue weighted by Gasteiger charge is -2.21. The normalized spacial score (nSPS) is 11.8. The number of allylic oxidation sites excluding steroid dienone is 2. The van der Waals surface area contributed by atoms with Crippen molar-refractivity contribution in [2.45, 2.75) is 96.8 Å². The van der Waals surface area contributed by atoms with Crippen molar-refractivity contribution in [3.8, 4) is 0 Å². The minimum Gasteiger partial charge on any atom is -0.330 e. The van der Waals surface area contributed by atoms with Crippen LogP contribution >= 0.6 is 0 Å². The highest BCUT2D eigenvalue weighted by molar-refractivity contribution is 4.81. The molecule has 0 aromatic rings. The molecule has 0 fully saturated rings. The SMILES string of the molecule is CCCCCCC/C=C/CCCCCCCN(CCCN)CCCN. The van der Waals surface area contributed by atoms with Crippen LogP contribution in [0.2, 0.25) is 0 Å². The first-order valence-electron chi connectivity index (χ1n) is 11.1. The second-order valence-electron chi connectivity index (χ2n) is 7.36. The third kappa shape index (κ3) is 19.8. The molecule has 0 radical (unpaired) electrons. The summed E-state index contributed by atoms with van der Waals surface area (Å²) in [5, 5.41) is 0. The van der Waals surface area contributed by atoms with Crippen LogP contribution in [0.3, 0.4) is 0 Å². The minimum absolute atomic E-state index is 0.797. The molecule has 0 rings (SSSR count). The first kappa shape index (κ1) is 24.6. The smallest absolute Gasteiger partial charge is 0.000671 e. The molecule has 0 aliphatic carbocycles. The summed E-state index contributed by atoms with van der Waals surface area (Å²) in [5.41, 5.74) is 11.3. The van der Waals surface area contributed by atoms with Gasteiger partial charge in [0.2, 0.25) is 0 Å². The minimum atomic E-state index is 0.797. The van der Waals surface area contributed by atoms with E-state index in [2.05, 4.69) is 24.0 Å². The van der Waals surface area contributed by atoms with Crippen molar-refractivity contribution in [3.63, 3.8) is 0 Å². The molecule has 0 atom stereocenters.